The number of nitrogens with two attached hydrogens (primary N) is 1. The van der Waals surface area contributed by atoms with E-state index in [0.717, 1.165) is 25.7 Å². The molecule has 18 heavy (non-hydrogen) atoms. The predicted octanol–water partition coefficient (Wildman–Crippen LogP) is 2.44. The number of carbonyl (C=O) groups is 1. The maximum atomic E-state index is 12.8. The van der Waals surface area contributed by atoms with E-state index in [4.69, 9.17) is 5.73 Å². The molecular weight excluding hydrogens is 224 g/mol. The molecule has 1 saturated carbocycles. The second kappa shape index (κ2) is 5.20. The van der Waals surface area contributed by atoms with Crippen LogP contribution in [-0.4, -0.2) is 28.9 Å². The molecule has 2 atom stereocenters. The fourth-order valence-corrected chi connectivity index (χ4v) is 4.32. The zero-order valence-corrected chi connectivity index (χ0v) is 11.3. The molecule has 1 aliphatic carbocycles. The van der Waals surface area contributed by atoms with Crippen molar-refractivity contribution in [1.82, 2.24) is 4.90 Å². The van der Waals surface area contributed by atoms with Gasteiger partial charge in [0.15, 0.2) is 0 Å². The zero-order valence-electron chi connectivity index (χ0n) is 11.3. The first-order chi connectivity index (χ1) is 8.75. The number of fused-ring (bicyclic) bond motifs is 2. The van der Waals surface area contributed by atoms with Crippen LogP contribution < -0.4 is 5.73 Å². The lowest BCUT2D eigenvalue weighted by Crippen LogP contribution is -2.51. The Morgan fingerprint density at radius 2 is 1.44 bits per heavy atom. The molecule has 0 aromatic heterocycles. The monoisotopic (exact) mass is 250 g/mol. The topological polar surface area (TPSA) is 46.3 Å². The summed E-state index contributed by atoms with van der Waals surface area (Å²) < 4.78 is 0. The largest absolute Gasteiger partial charge is 0.336 e. The highest BCUT2D eigenvalue weighted by molar-refractivity contribution is 5.80. The molecule has 2 saturated heterocycles. The van der Waals surface area contributed by atoms with Gasteiger partial charge in [0.25, 0.3) is 0 Å². The Morgan fingerprint density at radius 1 is 0.889 bits per heavy atom. The highest BCUT2D eigenvalue weighted by Crippen LogP contribution is 2.37. The van der Waals surface area contributed by atoms with Crippen molar-refractivity contribution in [3.8, 4) is 0 Å². The maximum absolute atomic E-state index is 12.8. The average molecular weight is 250 g/mol. The molecule has 102 valence electrons. The highest BCUT2D eigenvalue weighted by atomic mass is 16.2. The fraction of sp³-hybridized carbons (Fsp3) is 0.933. The third-order valence-electron chi connectivity index (χ3n) is 5.23. The van der Waals surface area contributed by atoms with Gasteiger partial charge >= 0.3 is 0 Å². The van der Waals surface area contributed by atoms with E-state index in [1.54, 1.807) is 0 Å². The molecule has 1 amide bonds. The van der Waals surface area contributed by atoms with E-state index in [9.17, 15) is 4.79 Å². The Kier molecular flexibility index (Phi) is 3.60. The molecule has 2 heterocycles. The first-order valence-corrected chi connectivity index (χ1v) is 7.83. The second-order valence-electron chi connectivity index (χ2n) is 6.55. The van der Waals surface area contributed by atoms with E-state index in [2.05, 4.69) is 4.90 Å². The van der Waals surface area contributed by atoms with Crippen molar-refractivity contribution in [3.05, 3.63) is 0 Å². The average Bonchev–Trinajstić information content (AvgIpc) is 2.59. The molecule has 3 aliphatic rings. The molecule has 0 aromatic carbocycles. The van der Waals surface area contributed by atoms with Crippen molar-refractivity contribution < 1.29 is 4.79 Å². The number of nitrogens with zero attached hydrogens (tertiary/aromatic N) is 1. The molecule has 0 spiro atoms. The van der Waals surface area contributed by atoms with Gasteiger partial charge in [-0.3, -0.25) is 4.79 Å². The lowest BCUT2D eigenvalue weighted by atomic mass is 9.93. The zero-order chi connectivity index (χ0) is 12.5. The number of amides is 1. The first kappa shape index (κ1) is 12.5. The Morgan fingerprint density at radius 3 is 2.00 bits per heavy atom. The van der Waals surface area contributed by atoms with Crippen molar-refractivity contribution in [1.29, 1.82) is 0 Å². The molecule has 3 nitrogen and oxygen atoms in total. The summed E-state index contributed by atoms with van der Waals surface area (Å²) in [5.41, 5.74) is 6.08. The van der Waals surface area contributed by atoms with Crippen LogP contribution in [0.25, 0.3) is 0 Å². The summed E-state index contributed by atoms with van der Waals surface area (Å²) in [5.74, 6) is 0.793. The van der Waals surface area contributed by atoms with Gasteiger partial charge in [0.2, 0.25) is 5.91 Å². The van der Waals surface area contributed by atoms with Crippen molar-refractivity contribution in [3.63, 3.8) is 0 Å². The van der Waals surface area contributed by atoms with E-state index in [-0.39, 0.29) is 0 Å². The summed E-state index contributed by atoms with van der Waals surface area (Å²) in [6, 6.07) is 1.27. The number of carbonyl (C=O) groups excluding carboxylic acids is 1. The summed E-state index contributed by atoms with van der Waals surface area (Å²) in [4.78, 5) is 15.0. The van der Waals surface area contributed by atoms with Gasteiger partial charge in [-0.15, -0.1) is 0 Å². The minimum Gasteiger partial charge on any atom is -0.336 e. The Balaban J connectivity index is 1.68. The molecule has 3 rings (SSSR count). The summed E-state index contributed by atoms with van der Waals surface area (Å²) in [6.07, 6.45) is 11.8. The van der Waals surface area contributed by atoms with E-state index >= 15 is 0 Å². The van der Waals surface area contributed by atoms with Crippen LogP contribution in [0.1, 0.15) is 64.2 Å². The summed E-state index contributed by atoms with van der Waals surface area (Å²) >= 11 is 0. The van der Waals surface area contributed by atoms with Crippen LogP contribution in [0.2, 0.25) is 0 Å². The van der Waals surface area contributed by atoms with Crippen LogP contribution in [0.5, 0.6) is 0 Å². The quantitative estimate of drug-likeness (QED) is 0.727. The first-order valence-electron chi connectivity index (χ1n) is 7.83. The van der Waals surface area contributed by atoms with Crippen molar-refractivity contribution in [2.24, 2.45) is 11.7 Å². The Hall–Kier alpha value is -0.570. The molecule has 3 fully saturated rings. The van der Waals surface area contributed by atoms with Crippen LogP contribution in [0.15, 0.2) is 0 Å². The van der Waals surface area contributed by atoms with Crippen molar-refractivity contribution in [2.75, 3.05) is 0 Å². The van der Waals surface area contributed by atoms with Crippen LogP contribution in [0, 0.1) is 5.92 Å². The molecule has 0 radical (unpaired) electrons. The minimum absolute atomic E-state index is 0.324. The molecule has 2 aliphatic heterocycles. The van der Waals surface area contributed by atoms with Gasteiger partial charge in [0, 0.05) is 24.0 Å². The molecule has 2 unspecified atom stereocenters. The van der Waals surface area contributed by atoms with Crippen molar-refractivity contribution >= 4 is 5.91 Å². The molecule has 3 heteroatoms. The normalized spacial score (nSPS) is 37.6. The second-order valence-corrected chi connectivity index (χ2v) is 6.55. The third-order valence-corrected chi connectivity index (χ3v) is 5.23. The van der Waals surface area contributed by atoms with Gasteiger partial charge in [-0.1, -0.05) is 25.7 Å². The minimum atomic E-state index is 0.324. The lowest BCUT2D eigenvalue weighted by molar-refractivity contribution is -0.140. The summed E-state index contributed by atoms with van der Waals surface area (Å²) in [6.45, 7) is 0. The summed E-state index contributed by atoms with van der Waals surface area (Å²) in [7, 11) is 0. The lowest BCUT2D eigenvalue weighted by Gasteiger charge is -2.39. The molecular formula is C15H26N2O. The van der Waals surface area contributed by atoms with Crippen LogP contribution in [-0.2, 0) is 4.79 Å². The van der Waals surface area contributed by atoms with Crippen LogP contribution in [0.4, 0.5) is 0 Å². The van der Waals surface area contributed by atoms with Crippen LogP contribution >= 0.6 is 0 Å². The van der Waals surface area contributed by atoms with E-state index in [1.807, 2.05) is 0 Å². The smallest absolute Gasteiger partial charge is 0.226 e. The Bertz CT molecular complexity index is 296. The van der Waals surface area contributed by atoms with Gasteiger partial charge < -0.3 is 10.6 Å². The van der Waals surface area contributed by atoms with E-state index in [0.29, 0.717) is 30.0 Å². The molecule has 2 bridgehead atoms. The van der Waals surface area contributed by atoms with Crippen LogP contribution in [0.3, 0.4) is 0 Å². The highest BCUT2D eigenvalue weighted by Gasteiger charge is 2.43. The summed E-state index contributed by atoms with van der Waals surface area (Å²) in [5, 5.41) is 0. The molecule has 0 aromatic rings. The number of piperidine rings is 1. The standard InChI is InChI=1S/C15H26N2O/c16-12-9-13-7-8-14(10-12)17(13)15(18)11-5-3-1-2-4-6-11/h11-14H,1-10,16H2. The maximum Gasteiger partial charge on any atom is 0.226 e. The van der Waals surface area contributed by atoms with Gasteiger partial charge in [-0.05, 0) is 38.5 Å². The van der Waals surface area contributed by atoms with E-state index in [1.165, 1.54) is 38.5 Å². The Labute approximate surface area is 110 Å². The predicted molar refractivity (Wildman–Crippen MR) is 72.1 cm³/mol. The van der Waals surface area contributed by atoms with Gasteiger partial charge in [0.05, 0.1) is 0 Å². The van der Waals surface area contributed by atoms with Gasteiger partial charge in [-0.25, -0.2) is 0 Å². The van der Waals surface area contributed by atoms with Crippen molar-refractivity contribution in [2.45, 2.75) is 82.3 Å². The number of rotatable bonds is 1. The number of hydrogen-bond acceptors (Lipinski definition) is 2. The SMILES string of the molecule is NC1CC2CCC(C1)N2C(=O)C1CCCCCC1. The molecule has 2 N–H and O–H groups in total. The van der Waals surface area contributed by atoms with Gasteiger partial charge in [0.1, 0.15) is 0 Å². The third kappa shape index (κ3) is 2.29. The fourth-order valence-electron chi connectivity index (χ4n) is 4.32. The van der Waals surface area contributed by atoms with Gasteiger partial charge in [-0.2, -0.15) is 0 Å². The van der Waals surface area contributed by atoms with E-state index < -0.39 is 0 Å². The number of hydrogen-bond donors (Lipinski definition) is 1.